The normalized spacial score (nSPS) is 23.3. The molecule has 1 heterocycles. The van der Waals surface area contributed by atoms with Crippen molar-refractivity contribution in [2.45, 2.75) is 166 Å². The third-order valence-corrected chi connectivity index (χ3v) is 14.4. The standard InChI is InChI=1S/C51H76N2O8S/c1-4-7-8-9-10-11-12-13-14-15-16-17-18-23-34-62-48-38-46(52-59-6-3)44-35-39(25-19-21-31-54)43(28-20-22-32-55)49-45-37-42(60-41-27-24-26-40(36-41)53(56)57)29-30-47(45)61-51(48,50(44)49)58-33-5-2/h5,24,26-27,29-30,35-37,39,43,48-50,54-55H,2,4,6-23,25,28,31-34,38H2,1,3H3/t39-,43+,48-,49+,50+,51+/m0/s1. The van der Waals surface area contributed by atoms with E-state index in [1.807, 2.05) is 36.9 Å². The number of hydrogen-bond donors (Lipinski definition) is 2. The maximum atomic E-state index is 11.6. The molecule has 3 aliphatic rings. The fraction of sp³-hybridized carbons (Fsp3) is 0.667. The number of aliphatic hydroxyl groups is 2. The van der Waals surface area contributed by atoms with E-state index >= 15 is 0 Å². The molecule has 0 unspecified atom stereocenters. The second-order valence-electron chi connectivity index (χ2n) is 17.5. The van der Waals surface area contributed by atoms with Crippen LogP contribution >= 0.6 is 11.8 Å². The SMILES string of the molecule is C=CCO[C@@]12Oc3ccc(Oc4cccc([N+](=O)[O-])c4)cc3[C@H]3[C@H](CCCCO)[C@@H](CCCCO)C=C(C(=NOCC)C[C@@H]1SCCCCCCCCCCCCCCCC)[C@H]32. The van der Waals surface area contributed by atoms with E-state index in [1.165, 1.54) is 95.6 Å². The highest BCUT2D eigenvalue weighted by Gasteiger charge is 2.64. The molecule has 11 heteroatoms. The molecule has 0 spiro atoms. The van der Waals surface area contributed by atoms with Crippen LogP contribution in [0.2, 0.25) is 0 Å². The van der Waals surface area contributed by atoms with Gasteiger partial charge in [0.25, 0.3) is 5.69 Å². The van der Waals surface area contributed by atoms with Crippen LogP contribution in [-0.2, 0) is 9.57 Å². The van der Waals surface area contributed by atoms with Crippen LogP contribution in [0.5, 0.6) is 17.2 Å². The van der Waals surface area contributed by atoms with Crippen LogP contribution in [-0.4, -0.2) is 64.1 Å². The van der Waals surface area contributed by atoms with Crippen LogP contribution in [0.1, 0.15) is 160 Å². The largest absolute Gasteiger partial charge is 0.460 e. The number of benzene rings is 2. The number of nitro groups is 1. The highest BCUT2D eigenvalue weighted by molar-refractivity contribution is 8.00. The topological polar surface area (TPSA) is 133 Å². The molecule has 2 N–H and O–H groups in total. The molecular formula is C51H76N2O8S. The minimum Gasteiger partial charge on any atom is -0.460 e. The van der Waals surface area contributed by atoms with Gasteiger partial charge in [-0.05, 0) is 86.5 Å². The molecule has 1 aliphatic heterocycles. The number of allylic oxidation sites excluding steroid dienone is 1. The summed E-state index contributed by atoms with van der Waals surface area (Å²) in [5.41, 5.74) is 3.01. The summed E-state index contributed by atoms with van der Waals surface area (Å²) in [7, 11) is 0. The zero-order valence-electron chi connectivity index (χ0n) is 37.8. The number of nitrogens with zero attached hydrogens (tertiary/aromatic N) is 2. The number of hydrogen-bond acceptors (Lipinski definition) is 10. The lowest BCUT2D eigenvalue weighted by molar-refractivity contribution is -0.384. The molecule has 2 aromatic rings. The number of non-ortho nitro benzene ring substituents is 1. The Morgan fingerprint density at radius 1 is 0.871 bits per heavy atom. The highest BCUT2D eigenvalue weighted by atomic mass is 32.2. The highest BCUT2D eigenvalue weighted by Crippen LogP contribution is 2.62. The Morgan fingerprint density at radius 3 is 2.18 bits per heavy atom. The van der Waals surface area contributed by atoms with Crippen LogP contribution in [0.3, 0.4) is 0 Å². The third kappa shape index (κ3) is 13.8. The molecule has 2 aromatic carbocycles. The van der Waals surface area contributed by atoms with Crippen molar-refractivity contribution in [3.8, 4) is 17.2 Å². The van der Waals surface area contributed by atoms with E-state index in [4.69, 9.17) is 24.2 Å². The van der Waals surface area contributed by atoms with Crippen molar-refractivity contribution in [2.24, 2.45) is 22.9 Å². The van der Waals surface area contributed by atoms with Gasteiger partial charge in [0.1, 0.15) is 23.9 Å². The number of aliphatic hydroxyl groups excluding tert-OH is 2. The van der Waals surface area contributed by atoms with Gasteiger partial charge in [0, 0.05) is 37.2 Å². The average Bonchev–Trinajstić information content (AvgIpc) is 3.28. The van der Waals surface area contributed by atoms with Crippen LogP contribution in [0.4, 0.5) is 5.69 Å². The van der Waals surface area contributed by atoms with Crippen LogP contribution in [0.15, 0.2) is 71.9 Å². The lowest BCUT2D eigenvalue weighted by Gasteiger charge is -2.58. The predicted molar refractivity (Wildman–Crippen MR) is 253 cm³/mol. The lowest BCUT2D eigenvalue weighted by Crippen LogP contribution is -2.64. The maximum Gasteiger partial charge on any atom is 0.273 e. The van der Waals surface area contributed by atoms with E-state index in [-0.39, 0.29) is 47.8 Å². The van der Waals surface area contributed by atoms with Gasteiger partial charge in [-0.3, -0.25) is 10.1 Å². The van der Waals surface area contributed by atoms with Gasteiger partial charge in [0.05, 0.1) is 34.5 Å². The van der Waals surface area contributed by atoms with Crippen molar-refractivity contribution < 1.29 is 34.2 Å². The van der Waals surface area contributed by atoms with E-state index in [1.54, 1.807) is 18.2 Å². The first-order chi connectivity index (χ1) is 30.4. The van der Waals surface area contributed by atoms with Crippen molar-refractivity contribution in [1.29, 1.82) is 0 Å². The van der Waals surface area contributed by atoms with Gasteiger partial charge in [0.15, 0.2) is 0 Å². The molecule has 62 heavy (non-hydrogen) atoms. The first-order valence-electron chi connectivity index (χ1n) is 24.1. The lowest BCUT2D eigenvalue weighted by atomic mass is 9.56. The van der Waals surface area contributed by atoms with Gasteiger partial charge in [-0.1, -0.05) is 127 Å². The Hall–Kier alpha value is -3.38. The molecule has 0 amide bonds. The maximum absolute atomic E-state index is 11.6. The van der Waals surface area contributed by atoms with Gasteiger partial charge in [-0.2, -0.15) is 11.8 Å². The number of rotatable bonds is 32. The molecule has 344 valence electrons. The van der Waals surface area contributed by atoms with Gasteiger partial charge in [-0.15, -0.1) is 6.58 Å². The molecule has 0 saturated heterocycles. The summed E-state index contributed by atoms with van der Waals surface area (Å²) in [6.07, 6.45) is 28.4. The quantitative estimate of drug-likeness (QED) is 0.0319. The zero-order valence-corrected chi connectivity index (χ0v) is 38.6. The zero-order chi connectivity index (χ0) is 44.0. The molecule has 10 nitrogen and oxygen atoms in total. The summed E-state index contributed by atoms with van der Waals surface area (Å²) >= 11 is 1.93. The number of unbranched alkanes of at least 4 members (excludes halogenated alkanes) is 15. The summed E-state index contributed by atoms with van der Waals surface area (Å²) in [5.74, 6) is 1.71. The van der Waals surface area contributed by atoms with Crippen molar-refractivity contribution in [2.75, 3.05) is 32.2 Å². The second kappa shape index (κ2) is 27.1. The van der Waals surface area contributed by atoms with E-state index in [0.717, 1.165) is 66.9 Å². The second-order valence-corrected chi connectivity index (χ2v) is 18.8. The molecule has 0 radical (unpaired) electrons. The Balaban J connectivity index is 1.42. The molecule has 0 aromatic heterocycles. The minimum atomic E-state index is -1.02. The third-order valence-electron chi connectivity index (χ3n) is 13.0. The average molecular weight is 877 g/mol. The number of oxime groups is 1. The van der Waals surface area contributed by atoms with Gasteiger partial charge < -0.3 is 29.3 Å². The monoisotopic (exact) mass is 877 g/mol. The summed E-state index contributed by atoms with van der Waals surface area (Å²) in [5, 5.41) is 36.1. The summed E-state index contributed by atoms with van der Waals surface area (Å²) in [4.78, 5) is 17.1. The van der Waals surface area contributed by atoms with Gasteiger partial charge in [-0.25, -0.2) is 0 Å². The first kappa shape index (κ1) is 49.6. The molecule has 5 rings (SSSR count). The Labute approximate surface area is 376 Å². The molecule has 0 bridgehead atoms. The Kier molecular flexibility index (Phi) is 21.7. The van der Waals surface area contributed by atoms with E-state index in [0.29, 0.717) is 37.6 Å². The summed E-state index contributed by atoms with van der Waals surface area (Å²) in [6, 6.07) is 12.2. The van der Waals surface area contributed by atoms with E-state index in [2.05, 4.69) is 19.6 Å². The molecule has 1 saturated carbocycles. The van der Waals surface area contributed by atoms with E-state index in [9.17, 15) is 20.3 Å². The van der Waals surface area contributed by atoms with E-state index < -0.39 is 10.7 Å². The fourth-order valence-corrected chi connectivity index (χ4v) is 11.4. The minimum absolute atomic E-state index is 0.0365. The van der Waals surface area contributed by atoms with Crippen LogP contribution in [0, 0.1) is 27.9 Å². The molecule has 1 fully saturated rings. The number of thioether (sulfide) groups is 1. The predicted octanol–water partition coefficient (Wildman–Crippen LogP) is 13.3. The van der Waals surface area contributed by atoms with Crippen molar-refractivity contribution in [3.05, 3.63) is 82.4 Å². The van der Waals surface area contributed by atoms with Crippen molar-refractivity contribution >= 4 is 23.2 Å². The van der Waals surface area contributed by atoms with Crippen LogP contribution < -0.4 is 9.47 Å². The summed E-state index contributed by atoms with van der Waals surface area (Å²) in [6.45, 7) is 9.36. The number of nitro benzene ring substituents is 1. The smallest absolute Gasteiger partial charge is 0.273 e. The summed E-state index contributed by atoms with van der Waals surface area (Å²) < 4.78 is 20.7. The van der Waals surface area contributed by atoms with Crippen molar-refractivity contribution in [1.82, 2.24) is 0 Å². The number of ether oxygens (including phenoxy) is 3. The molecular weight excluding hydrogens is 801 g/mol. The fourth-order valence-electron chi connectivity index (χ4n) is 10.0. The molecule has 2 aliphatic carbocycles. The van der Waals surface area contributed by atoms with Gasteiger partial charge in [0.2, 0.25) is 5.79 Å². The number of fused-ring (bicyclic) bond motifs is 2. The molecule has 6 atom stereocenters. The Bertz CT molecular complexity index is 1720. The van der Waals surface area contributed by atoms with Crippen LogP contribution in [0.25, 0.3) is 0 Å². The van der Waals surface area contributed by atoms with Gasteiger partial charge >= 0.3 is 0 Å². The first-order valence-corrected chi connectivity index (χ1v) is 25.2. The van der Waals surface area contributed by atoms with Crippen molar-refractivity contribution in [3.63, 3.8) is 0 Å². The Morgan fingerprint density at radius 2 is 1.53 bits per heavy atom.